The van der Waals surface area contributed by atoms with E-state index in [1.165, 1.54) is 36.3 Å². The molecule has 2 heterocycles. The van der Waals surface area contributed by atoms with E-state index in [9.17, 15) is 29.1 Å². The van der Waals surface area contributed by atoms with Crippen molar-refractivity contribution >= 4 is 62.8 Å². The second-order valence-electron chi connectivity index (χ2n) is 9.19. The molecule has 0 aliphatic carbocycles. The van der Waals surface area contributed by atoms with Gasteiger partial charge in [0.1, 0.15) is 17.6 Å². The monoisotopic (exact) mass is 582 g/mol. The number of Topliss-reactive ketones (excluding diaryl/α,β-unsaturated/α-hetero) is 1. The number of ether oxygens (including phenoxy) is 1. The van der Waals surface area contributed by atoms with Crippen molar-refractivity contribution in [3.8, 4) is 5.75 Å². The number of benzene rings is 1. The number of hydrogen-bond acceptors (Lipinski definition) is 10. The number of aromatic hydroxyl groups is 1. The third kappa shape index (κ3) is 8.94. The van der Waals surface area contributed by atoms with Crippen molar-refractivity contribution in [1.29, 1.82) is 0 Å². The molecule has 3 amide bonds. The Kier molecular flexibility index (Phi) is 12.3. The van der Waals surface area contributed by atoms with Crippen LogP contribution in [0.25, 0.3) is 0 Å². The zero-order valence-corrected chi connectivity index (χ0v) is 23.8. The number of carbonyl (C=O) groups is 5. The van der Waals surface area contributed by atoms with Gasteiger partial charge in [0.2, 0.25) is 11.8 Å². The van der Waals surface area contributed by atoms with Crippen molar-refractivity contribution in [2.45, 2.75) is 67.9 Å². The molecular weight excluding hydrogens is 548 g/mol. The first-order chi connectivity index (χ1) is 18.3. The van der Waals surface area contributed by atoms with Gasteiger partial charge in [-0.25, -0.2) is 4.79 Å². The number of imide groups is 1. The molecule has 12 heteroatoms. The highest BCUT2D eigenvalue weighted by molar-refractivity contribution is 8.77. The van der Waals surface area contributed by atoms with Gasteiger partial charge in [0.25, 0.3) is 5.91 Å². The number of hydrogen-bond donors (Lipinski definition) is 2. The molecule has 1 aromatic carbocycles. The standard InChI is InChI=1S/C26H34N2O7S3/c1-35-26(34)20(27-24(32)19-10-4-5-11-21(19)30)16-36-22-15-23(31)28(25(22)33)13-6-8-17(29)7-2-3-9-18-12-14-37-38-18/h4-5,10-11,18,20,22,30H,2-3,6-9,12-16H2,1H3,(H,27,32). The van der Waals surface area contributed by atoms with Crippen LogP contribution in [-0.2, 0) is 23.9 Å². The fraction of sp³-hybridized carbons (Fsp3) is 0.577. The van der Waals surface area contributed by atoms with Crippen molar-refractivity contribution < 1.29 is 33.8 Å². The third-order valence-electron chi connectivity index (χ3n) is 6.40. The highest BCUT2D eigenvalue weighted by atomic mass is 33.1. The number of carbonyl (C=O) groups excluding carboxylic acids is 5. The number of methoxy groups -OCH3 is 1. The number of nitrogens with one attached hydrogen (secondary N) is 1. The summed E-state index contributed by atoms with van der Waals surface area (Å²) in [5.74, 6) is -0.859. The minimum Gasteiger partial charge on any atom is -0.507 e. The number of phenolic OH excluding ortho intramolecular Hbond substituents is 1. The van der Waals surface area contributed by atoms with Crippen molar-refractivity contribution in [2.75, 3.05) is 25.2 Å². The van der Waals surface area contributed by atoms with Crippen LogP contribution >= 0.6 is 33.3 Å². The van der Waals surface area contributed by atoms with Crippen LogP contribution in [0.3, 0.4) is 0 Å². The lowest BCUT2D eigenvalue weighted by Gasteiger charge is -2.18. The lowest BCUT2D eigenvalue weighted by Crippen LogP contribution is -2.44. The van der Waals surface area contributed by atoms with Gasteiger partial charge in [0, 0.05) is 42.6 Å². The lowest BCUT2D eigenvalue weighted by molar-refractivity contribution is -0.142. The van der Waals surface area contributed by atoms with Gasteiger partial charge in [-0.05, 0) is 37.8 Å². The van der Waals surface area contributed by atoms with Crippen LogP contribution in [0.4, 0.5) is 0 Å². The molecule has 2 aliphatic heterocycles. The molecule has 2 saturated heterocycles. The molecule has 38 heavy (non-hydrogen) atoms. The van der Waals surface area contributed by atoms with Crippen LogP contribution in [0.15, 0.2) is 24.3 Å². The average Bonchev–Trinajstić information content (AvgIpc) is 3.52. The van der Waals surface area contributed by atoms with Gasteiger partial charge in [-0.3, -0.25) is 24.1 Å². The number of esters is 1. The van der Waals surface area contributed by atoms with E-state index in [0.717, 1.165) is 31.0 Å². The van der Waals surface area contributed by atoms with Gasteiger partial charge < -0.3 is 15.2 Å². The number of rotatable bonds is 15. The number of thioether (sulfide) groups is 1. The highest BCUT2D eigenvalue weighted by Gasteiger charge is 2.39. The van der Waals surface area contributed by atoms with E-state index in [2.05, 4.69) is 5.32 Å². The first-order valence-corrected chi connectivity index (χ1v) is 16.2. The summed E-state index contributed by atoms with van der Waals surface area (Å²) in [6.45, 7) is 0.195. The van der Waals surface area contributed by atoms with Crippen molar-refractivity contribution in [3.63, 3.8) is 0 Å². The fourth-order valence-corrected chi connectivity index (χ4v) is 8.46. The predicted molar refractivity (Wildman–Crippen MR) is 150 cm³/mol. The summed E-state index contributed by atoms with van der Waals surface area (Å²) in [5, 5.41) is 12.4. The second-order valence-corrected chi connectivity index (χ2v) is 13.2. The molecule has 0 saturated carbocycles. The van der Waals surface area contributed by atoms with Crippen LogP contribution in [-0.4, -0.2) is 81.2 Å². The Morgan fingerprint density at radius 2 is 1.95 bits per heavy atom. The normalized spacial score (nSPS) is 20.0. The van der Waals surface area contributed by atoms with Crippen LogP contribution in [0.2, 0.25) is 0 Å². The molecule has 0 bridgehead atoms. The third-order valence-corrected chi connectivity index (χ3v) is 10.7. The summed E-state index contributed by atoms with van der Waals surface area (Å²) in [7, 11) is 5.06. The molecule has 2 aliphatic rings. The van der Waals surface area contributed by atoms with Gasteiger partial charge in [-0.1, -0.05) is 40.1 Å². The molecule has 0 spiro atoms. The largest absolute Gasteiger partial charge is 0.507 e. The summed E-state index contributed by atoms with van der Waals surface area (Å²) in [6, 6.07) is 4.86. The van der Waals surface area contributed by atoms with E-state index in [4.69, 9.17) is 4.74 Å². The van der Waals surface area contributed by atoms with Gasteiger partial charge >= 0.3 is 5.97 Å². The second kappa shape index (κ2) is 15.4. The van der Waals surface area contributed by atoms with E-state index in [1.807, 2.05) is 21.6 Å². The number of para-hydroxylation sites is 1. The molecule has 3 unspecified atom stereocenters. The highest BCUT2D eigenvalue weighted by Crippen LogP contribution is 2.40. The molecule has 0 radical (unpaired) electrons. The lowest BCUT2D eigenvalue weighted by atomic mass is 10.1. The molecule has 3 rings (SSSR count). The van der Waals surface area contributed by atoms with Crippen LogP contribution < -0.4 is 5.32 Å². The summed E-state index contributed by atoms with van der Waals surface area (Å²) in [4.78, 5) is 63.5. The van der Waals surface area contributed by atoms with Gasteiger partial charge in [0.15, 0.2) is 0 Å². The number of ketones is 1. The maximum absolute atomic E-state index is 12.8. The van der Waals surface area contributed by atoms with E-state index in [0.29, 0.717) is 24.5 Å². The number of phenols is 1. The molecule has 3 atom stereocenters. The summed E-state index contributed by atoms with van der Waals surface area (Å²) in [6.07, 6.45) is 5.62. The average molecular weight is 583 g/mol. The molecule has 9 nitrogen and oxygen atoms in total. The fourth-order valence-electron chi connectivity index (χ4n) is 4.26. The summed E-state index contributed by atoms with van der Waals surface area (Å²) in [5.41, 5.74) is 0.00571. The summed E-state index contributed by atoms with van der Waals surface area (Å²) >= 11 is 1.10. The van der Waals surface area contributed by atoms with E-state index < -0.39 is 23.2 Å². The topological polar surface area (TPSA) is 130 Å². The molecular formula is C26H34N2O7S3. The van der Waals surface area contributed by atoms with Crippen molar-refractivity contribution in [1.82, 2.24) is 10.2 Å². The quantitative estimate of drug-likeness (QED) is 0.137. The minimum absolute atomic E-state index is 0.00375. The maximum Gasteiger partial charge on any atom is 0.329 e. The summed E-state index contributed by atoms with van der Waals surface area (Å²) < 4.78 is 4.77. The predicted octanol–water partition coefficient (Wildman–Crippen LogP) is 3.59. The van der Waals surface area contributed by atoms with Crippen LogP contribution in [0, 0.1) is 0 Å². The first-order valence-electron chi connectivity index (χ1n) is 12.7. The van der Waals surface area contributed by atoms with Gasteiger partial charge in [-0.15, -0.1) is 11.8 Å². The Bertz CT molecular complexity index is 1020. The van der Waals surface area contributed by atoms with Crippen LogP contribution in [0.1, 0.15) is 61.7 Å². The Hall–Kier alpha value is -2.18. The Morgan fingerprint density at radius 1 is 1.18 bits per heavy atom. The number of amides is 3. The Labute approximate surface area is 235 Å². The molecule has 208 valence electrons. The van der Waals surface area contributed by atoms with E-state index in [-0.39, 0.29) is 47.6 Å². The van der Waals surface area contributed by atoms with Gasteiger partial charge in [0.05, 0.1) is 17.9 Å². The molecule has 2 N–H and O–H groups in total. The number of likely N-dealkylation sites (tertiary alicyclic amines) is 1. The Balaban J connectivity index is 1.40. The molecule has 1 aromatic rings. The van der Waals surface area contributed by atoms with Crippen molar-refractivity contribution in [3.05, 3.63) is 29.8 Å². The smallest absolute Gasteiger partial charge is 0.329 e. The molecule has 0 aromatic heterocycles. The van der Waals surface area contributed by atoms with Gasteiger partial charge in [-0.2, -0.15) is 0 Å². The van der Waals surface area contributed by atoms with Crippen molar-refractivity contribution in [2.24, 2.45) is 0 Å². The van der Waals surface area contributed by atoms with Crippen LogP contribution in [0.5, 0.6) is 5.75 Å². The number of nitrogens with zero attached hydrogens (tertiary/aromatic N) is 1. The molecule has 2 fully saturated rings. The zero-order chi connectivity index (χ0) is 27.5. The zero-order valence-electron chi connectivity index (χ0n) is 21.4. The maximum atomic E-state index is 12.8. The minimum atomic E-state index is -1.07. The first kappa shape index (κ1) is 30.4. The number of unbranched alkanes of at least 4 members (excludes halogenated alkanes) is 1. The van der Waals surface area contributed by atoms with E-state index in [1.54, 1.807) is 12.1 Å². The van der Waals surface area contributed by atoms with E-state index >= 15 is 0 Å². The Morgan fingerprint density at radius 3 is 2.66 bits per heavy atom. The SMILES string of the molecule is COC(=O)C(CSC1CC(=O)N(CCCC(=O)CCCCC2CCSS2)C1=O)NC(=O)c1ccccc1O.